The van der Waals surface area contributed by atoms with E-state index >= 15 is 0 Å². The van der Waals surface area contributed by atoms with E-state index in [2.05, 4.69) is 17.1 Å². The molecule has 29 heavy (non-hydrogen) atoms. The van der Waals surface area contributed by atoms with E-state index in [4.69, 9.17) is 4.74 Å². The Hall–Kier alpha value is -2.67. The Balaban J connectivity index is 1.95. The van der Waals surface area contributed by atoms with Crippen LogP contribution in [0.15, 0.2) is 30.0 Å². The number of nitrogens with one attached hydrogen (secondary N) is 1. The van der Waals surface area contributed by atoms with Gasteiger partial charge in [0.05, 0.1) is 5.57 Å². The first-order valence-corrected chi connectivity index (χ1v) is 10.1. The number of likely N-dealkylation sites (tertiary alicyclic amines) is 1. The Labute approximate surface area is 171 Å². The van der Waals surface area contributed by atoms with Gasteiger partial charge in [-0.25, -0.2) is 0 Å². The summed E-state index contributed by atoms with van der Waals surface area (Å²) in [5.74, 6) is -0.158. The lowest BCUT2D eigenvalue weighted by Crippen LogP contribution is -2.39. The van der Waals surface area contributed by atoms with Gasteiger partial charge in [0.25, 0.3) is 11.8 Å². The molecule has 2 aliphatic rings. The molecule has 0 aliphatic carbocycles. The molecule has 0 bridgehead atoms. The third-order valence-corrected chi connectivity index (χ3v) is 5.34. The van der Waals surface area contributed by atoms with Gasteiger partial charge in [0, 0.05) is 46.0 Å². The second-order valence-corrected chi connectivity index (χ2v) is 7.78. The van der Waals surface area contributed by atoms with Crippen LogP contribution in [0.5, 0.6) is 0 Å². The van der Waals surface area contributed by atoms with Gasteiger partial charge in [-0.1, -0.05) is 19.1 Å². The fraction of sp³-hybridized carbons (Fsp3) is 0.500. The predicted octanol–water partition coefficient (Wildman–Crippen LogP) is 2.49. The molecular weight excluding hydrogens is 370 g/mol. The quantitative estimate of drug-likeness (QED) is 0.563. The summed E-state index contributed by atoms with van der Waals surface area (Å²) in [6, 6.07) is 7.09. The third-order valence-electron chi connectivity index (χ3n) is 5.34. The molecule has 1 fully saturated rings. The van der Waals surface area contributed by atoms with Crippen LogP contribution < -0.4 is 5.32 Å². The van der Waals surface area contributed by atoms with Crippen LogP contribution in [-0.2, 0) is 19.1 Å². The Bertz CT molecular complexity index is 816. The normalized spacial score (nSPS) is 19.9. The minimum atomic E-state index is -0.258. The molecule has 3 amide bonds. The first-order valence-electron chi connectivity index (χ1n) is 10.1. The number of hydrogen-bond donors (Lipinski definition) is 1. The second-order valence-electron chi connectivity index (χ2n) is 7.78. The molecule has 0 saturated carbocycles. The van der Waals surface area contributed by atoms with Crippen molar-refractivity contribution in [2.24, 2.45) is 5.92 Å². The van der Waals surface area contributed by atoms with Crippen LogP contribution in [0, 0.1) is 5.92 Å². The molecule has 1 atom stereocenters. The average molecular weight is 399 g/mol. The minimum Gasteiger partial charge on any atom is -0.385 e. The fourth-order valence-electron chi connectivity index (χ4n) is 4.00. The number of amides is 3. The van der Waals surface area contributed by atoms with Crippen molar-refractivity contribution in [3.63, 3.8) is 0 Å². The first-order chi connectivity index (χ1) is 13.9. The summed E-state index contributed by atoms with van der Waals surface area (Å²) in [5, 5.41) is 2.72. The molecule has 2 heterocycles. The van der Waals surface area contributed by atoms with Crippen molar-refractivity contribution in [1.82, 2.24) is 9.80 Å². The molecule has 7 nitrogen and oxygen atoms in total. The van der Waals surface area contributed by atoms with Crippen molar-refractivity contribution >= 4 is 29.0 Å². The standard InChI is InChI=1S/C22H29N3O4/c1-15-6-4-11-24(14-15)20-19(17-7-9-18(10-8-17)23-16(2)26)21(27)25(22(20)28)12-5-13-29-3/h7-10,15H,4-6,11-14H2,1-3H3,(H,23,26). The number of anilines is 1. The number of nitrogens with zero attached hydrogens (tertiary/aromatic N) is 2. The number of rotatable bonds is 7. The van der Waals surface area contributed by atoms with Crippen molar-refractivity contribution in [3.05, 3.63) is 35.5 Å². The molecule has 1 aromatic rings. The van der Waals surface area contributed by atoms with Gasteiger partial charge in [-0.05, 0) is 42.9 Å². The smallest absolute Gasteiger partial charge is 0.277 e. The fourth-order valence-corrected chi connectivity index (χ4v) is 4.00. The Kier molecular flexibility index (Phi) is 6.69. The van der Waals surface area contributed by atoms with Crippen LogP contribution >= 0.6 is 0 Å². The SMILES string of the molecule is COCCCN1C(=O)C(c2ccc(NC(C)=O)cc2)=C(N2CCCC(C)C2)C1=O. The van der Waals surface area contributed by atoms with E-state index in [1.807, 2.05) is 0 Å². The lowest BCUT2D eigenvalue weighted by molar-refractivity contribution is -0.137. The highest BCUT2D eigenvalue weighted by Crippen LogP contribution is 2.34. The molecule has 0 radical (unpaired) electrons. The van der Waals surface area contributed by atoms with E-state index in [0.29, 0.717) is 48.0 Å². The van der Waals surface area contributed by atoms with Crippen molar-refractivity contribution in [3.8, 4) is 0 Å². The Morgan fingerprint density at radius 1 is 1.21 bits per heavy atom. The van der Waals surface area contributed by atoms with Gasteiger partial charge in [-0.15, -0.1) is 0 Å². The van der Waals surface area contributed by atoms with Crippen LogP contribution in [0.3, 0.4) is 0 Å². The molecule has 156 valence electrons. The van der Waals surface area contributed by atoms with Crippen LogP contribution in [0.1, 0.15) is 38.7 Å². The highest BCUT2D eigenvalue weighted by Gasteiger charge is 2.41. The summed E-state index contributed by atoms with van der Waals surface area (Å²) in [7, 11) is 1.61. The highest BCUT2D eigenvalue weighted by molar-refractivity contribution is 6.35. The van der Waals surface area contributed by atoms with E-state index in [1.54, 1.807) is 31.4 Å². The van der Waals surface area contributed by atoms with Gasteiger partial charge in [0.2, 0.25) is 5.91 Å². The zero-order valence-electron chi connectivity index (χ0n) is 17.4. The maximum atomic E-state index is 13.2. The molecule has 7 heteroatoms. The monoisotopic (exact) mass is 399 g/mol. The maximum absolute atomic E-state index is 13.2. The van der Waals surface area contributed by atoms with Crippen molar-refractivity contribution < 1.29 is 19.1 Å². The van der Waals surface area contributed by atoms with Crippen LogP contribution in [0.2, 0.25) is 0 Å². The molecule has 3 rings (SSSR count). The lowest BCUT2D eigenvalue weighted by Gasteiger charge is -2.33. The van der Waals surface area contributed by atoms with Crippen LogP contribution in [0.25, 0.3) is 5.57 Å². The number of methoxy groups -OCH3 is 1. The zero-order valence-corrected chi connectivity index (χ0v) is 17.4. The number of carbonyl (C=O) groups excluding carboxylic acids is 3. The molecule has 1 N–H and O–H groups in total. The maximum Gasteiger partial charge on any atom is 0.277 e. The number of imide groups is 1. The van der Waals surface area contributed by atoms with Gasteiger partial charge >= 0.3 is 0 Å². The van der Waals surface area contributed by atoms with Gasteiger partial charge in [0.1, 0.15) is 5.70 Å². The Morgan fingerprint density at radius 3 is 2.55 bits per heavy atom. The van der Waals surface area contributed by atoms with Gasteiger partial charge in [-0.3, -0.25) is 19.3 Å². The minimum absolute atomic E-state index is 0.156. The summed E-state index contributed by atoms with van der Waals surface area (Å²) in [6.07, 6.45) is 2.74. The third kappa shape index (κ3) is 4.67. The van der Waals surface area contributed by atoms with E-state index in [0.717, 1.165) is 25.9 Å². The highest BCUT2D eigenvalue weighted by atomic mass is 16.5. The molecule has 0 spiro atoms. The molecule has 1 unspecified atom stereocenters. The topological polar surface area (TPSA) is 79.0 Å². The summed E-state index contributed by atoms with van der Waals surface area (Å²) in [6.45, 7) is 6.00. The lowest BCUT2D eigenvalue weighted by atomic mass is 9.97. The average Bonchev–Trinajstić information content (AvgIpc) is 2.93. The number of benzene rings is 1. The van der Waals surface area contributed by atoms with Gasteiger partial charge in [0.15, 0.2) is 0 Å². The molecule has 1 aromatic carbocycles. The summed E-state index contributed by atoms with van der Waals surface area (Å²) < 4.78 is 5.08. The number of piperidine rings is 1. The van der Waals surface area contributed by atoms with E-state index < -0.39 is 0 Å². The van der Waals surface area contributed by atoms with Crippen LogP contribution in [-0.4, -0.2) is 60.9 Å². The van der Waals surface area contributed by atoms with Crippen molar-refractivity contribution in [1.29, 1.82) is 0 Å². The van der Waals surface area contributed by atoms with Crippen LogP contribution in [0.4, 0.5) is 5.69 Å². The zero-order chi connectivity index (χ0) is 21.0. The molecule has 0 aromatic heterocycles. The van der Waals surface area contributed by atoms with E-state index in [1.165, 1.54) is 11.8 Å². The van der Waals surface area contributed by atoms with Gasteiger partial charge < -0.3 is 15.0 Å². The van der Waals surface area contributed by atoms with Crippen molar-refractivity contribution in [2.75, 3.05) is 38.7 Å². The van der Waals surface area contributed by atoms with Gasteiger partial charge in [-0.2, -0.15) is 0 Å². The van der Waals surface area contributed by atoms with E-state index in [9.17, 15) is 14.4 Å². The predicted molar refractivity (Wildman–Crippen MR) is 111 cm³/mol. The summed E-state index contributed by atoms with van der Waals surface area (Å²) in [5.41, 5.74) is 2.31. The Morgan fingerprint density at radius 2 is 1.93 bits per heavy atom. The number of ether oxygens (including phenoxy) is 1. The summed E-state index contributed by atoms with van der Waals surface area (Å²) >= 11 is 0. The largest absolute Gasteiger partial charge is 0.385 e. The first kappa shape index (κ1) is 21.0. The van der Waals surface area contributed by atoms with E-state index in [-0.39, 0.29) is 17.7 Å². The summed E-state index contributed by atoms with van der Waals surface area (Å²) in [4.78, 5) is 41.1. The molecule has 2 aliphatic heterocycles. The molecule has 1 saturated heterocycles. The number of carbonyl (C=O) groups is 3. The van der Waals surface area contributed by atoms with Crippen molar-refractivity contribution in [2.45, 2.75) is 33.1 Å². The second kappa shape index (κ2) is 9.22. The number of hydrogen-bond acceptors (Lipinski definition) is 5. The molecular formula is C22H29N3O4.